The minimum absolute atomic E-state index is 0.324. The van der Waals surface area contributed by atoms with E-state index in [1.807, 2.05) is 24.3 Å². The topological polar surface area (TPSA) is 52.6 Å². The van der Waals surface area contributed by atoms with Crippen LogP contribution in [0.1, 0.15) is 18.9 Å². The average Bonchev–Trinajstić information content (AvgIpc) is 2.24. The van der Waals surface area contributed by atoms with E-state index in [0.29, 0.717) is 6.42 Å². The van der Waals surface area contributed by atoms with Crippen molar-refractivity contribution in [2.24, 2.45) is 0 Å². The molecule has 0 fully saturated rings. The highest BCUT2D eigenvalue weighted by Crippen LogP contribution is 2.20. The molecule has 0 aliphatic heterocycles. The van der Waals surface area contributed by atoms with Crippen LogP contribution in [-0.4, -0.2) is 27.9 Å². The molecule has 0 radical (unpaired) electrons. The number of ether oxygens (including phenoxy) is 1. The van der Waals surface area contributed by atoms with Gasteiger partial charge in [-0.25, -0.2) is 0 Å². The Kier molecular flexibility index (Phi) is 4.96. The lowest BCUT2D eigenvalue weighted by molar-refractivity contribution is 0.220. The molecule has 0 amide bonds. The Morgan fingerprint density at radius 3 is 2.53 bits per heavy atom. The third-order valence-electron chi connectivity index (χ3n) is 2.35. The Morgan fingerprint density at radius 2 is 1.94 bits per heavy atom. The molecular formula is C12H18O4S. The summed E-state index contributed by atoms with van der Waals surface area (Å²) in [6, 6.07) is 7.68. The second kappa shape index (κ2) is 6.02. The van der Waals surface area contributed by atoms with E-state index in [9.17, 15) is 8.42 Å². The molecule has 1 rings (SSSR count). The molecule has 1 aromatic rings. The number of methoxy groups -OCH3 is 1. The van der Waals surface area contributed by atoms with Gasteiger partial charge in [0.15, 0.2) is 0 Å². The van der Waals surface area contributed by atoms with Gasteiger partial charge in [-0.05, 0) is 31.4 Å². The first kappa shape index (κ1) is 14.0. The highest BCUT2D eigenvalue weighted by Gasteiger charge is 2.11. The van der Waals surface area contributed by atoms with Crippen molar-refractivity contribution in [1.82, 2.24) is 0 Å². The summed E-state index contributed by atoms with van der Waals surface area (Å²) in [6.07, 6.45) is 2.09. The van der Waals surface area contributed by atoms with Crippen LogP contribution in [0.15, 0.2) is 24.3 Å². The fraction of sp³-hybridized carbons (Fsp3) is 0.500. The predicted molar refractivity (Wildman–Crippen MR) is 66.7 cm³/mol. The molecule has 0 heterocycles. The number of para-hydroxylation sites is 1. The number of hydrogen-bond acceptors (Lipinski definition) is 4. The second-order valence-electron chi connectivity index (χ2n) is 3.96. The SMILES string of the molecule is COc1ccccc1CCC(C)OS(C)(=O)=O. The number of rotatable bonds is 6. The van der Waals surface area contributed by atoms with E-state index < -0.39 is 10.1 Å². The summed E-state index contributed by atoms with van der Waals surface area (Å²) in [7, 11) is -1.75. The summed E-state index contributed by atoms with van der Waals surface area (Å²) in [5, 5.41) is 0. The molecule has 4 nitrogen and oxygen atoms in total. The molecule has 17 heavy (non-hydrogen) atoms. The normalized spacial score (nSPS) is 13.4. The predicted octanol–water partition coefficient (Wildman–Crippen LogP) is 1.99. The lowest BCUT2D eigenvalue weighted by Crippen LogP contribution is -2.14. The van der Waals surface area contributed by atoms with Crippen molar-refractivity contribution >= 4 is 10.1 Å². The van der Waals surface area contributed by atoms with Crippen LogP contribution in [-0.2, 0) is 20.7 Å². The van der Waals surface area contributed by atoms with Crippen LogP contribution in [0.3, 0.4) is 0 Å². The van der Waals surface area contributed by atoms with E-state index in [4.69, 9.17) is 8.92 Å². The van der Waals surface area contributed by atoms with E-state index in [1.54, 1.807) is 14.0 Å². The van der Waals surface area contributed by atoms with Crippen LogP contribution >= 0.6 is 0 Å². The van der Waals surface area contributed by atoms with Crippen molar-refractivity contribution < 1.29 is 17.3 Å². The van der Waals surface area contributed by atoms with Gasteiger partial charge in [0.2, 0.25) is 0 Å². The molecule has 0 spiro atoms. The van der Waals surface area contributed by atoms with Gasteiger partial charge >= 0.3 is 0 Å². The van der Waals surface area contributed by atoms with Gasteiger partial charge in [0.05, 0.1) is 19.5 Å². The maximum Gasteiger partial charge on any atom is 0.264 e. The van der Waals surface area contributed by atoms with Gasteiger partial charge in [-0.15, -0.1) is 0 Å². The molecule has 0 bridgehead atoms. The standard InChI is InChI=1S/C12H18O4S/c1-10(16-17(3,13)14)8-9-11-6-4-5-7-12(11)15-2/h4-7,10H,8-9H2,1-3H3. The molecular weight excluding hydrogens is 240 g/mol. The van der Waals surface area contributed by atoms with Crippen LogP contribution < -0.4 is 4.74 Å². The van der Waals surface area contributed by atoms with Crippen LogP contribution in [0, 0.1) is 0 Å². The van der Waals surface area contributed by atoms with Crippen molar-refractivity contribution in [2.75, 3.05) is 13.4 Å². The molecule has 0 aromatic heterocycles. The number of hydrogen-bond donors (Lipinski definition) is 0. The Balaban J connectivity index is 2.55. The van der Waals surface area contributed by atoms with Crippen molar-refractivity contribution in [3.05, 3.63) is 29.8 Å². The highest BCUT2D eigenvalue weighted by atomic mass is 32.2. The van der Waals surface area contributed by atoms with Gasteiger partial charge in [0, 0.05) is 0 Å². The first-order valence-corrected chi connectivity index (χ1v) is 7.24. The van der Waals surface area contributed by atoms with Gasteiger partial charge in [-0.1, -0.05) is 18.2 Å². The largest absolute Gasteiger partial charge is 0.496 e. The molecule has 0 aliphatic carbocycles. The fourth-order valence-corrected chi connectivity index (χ4v) is 2.31. The maximum atomic E-state index is 10.9. The molecule has 5 heteroatoms. The van der Waals surface area contributed by atoms with Gasteiger partial charge in [0.1, 0.15) is 5.75 Å². The van der Waals surface area contributed by atoms with E-state index in [-0.39, 0.29) is 6.10 Å². The third-order valence-corrected chi connectivity index (χ3v) is 3.03. The van der Waals surface area contributed by atoms with Crippen molar-refractivity contribution in [2.45, 2.75) is 25.9 Å². The van der Waals surface area contributed by atoms with E-state index in [1.165, 1.54) is 0 Å². The Labute approximate surface area is 103 Å². The van der Waals surface area contributed by atoms with Crippen molar-refractivity contribution in [3.8, 4) is 5.75 Å². The number of aryl methyl sites for hydroxylation is 1. The summed E-state index contributed by atoms with van der Waals surface area (Å²) in [5.41, 5.74) is 1.05. The molecule has 0 N–H and O–H groups in total. The van der Waals surface area contributed by atoms with E-state index >= 15 is 0 Å². The number of benzene rings is 1. The maximum absolute atomic E-state index is 10.9. The first-order valence-electron chi connectivity index (χ1n) is 5.42. The molecule has 0 saturated heterocycles. The second-order valence-corrected chi connectivity index (χ2v) is 5.56. The van der Waals surface area contributed by atoms with Crippen LogP contribution in [0.4, 0.5) is 0 Å². The Hall–Kier alpha value is -1.07. The molecule has 96 valence electrons. The average molecular weight is 258 g/mol. The zero-order valence-electron chi connectivity index (χ0n) is 10.3. The molecule has 0 saturated carbocycles. The van der Waals surface area contributed by atoms with Gasteiger partial charge in [-0.3, -0.25) is 4.18 Å². The quantitative estimate of drug-likeness (QED) is 0.732. The minimum Gasteiger partial charge on any atom is -0.496 e. The van der Waals surface area contributed by atoms with Gasteiger partial charge in [0.25, 0.3) is 10.1 Å². The first-order chi connectivity index (χ1) is 7.92. The van der Waals surface area contributed by atoms with Crippen molar-refractivity contribution in [3.63, 3.8) is 0 Å². The monoisotopic (exact) mass is 258 g/mol. The lowest BCUT2D eigenvalue weighted by atomic mass is 10.1. The fourth-order valence-electron chi connectivity index (χ4n) is 1.61. The van der Waals surface area contributed by atoms with Gasteiger partial charge in [-0.2, -0.15) is 8.42 Å². The summed E-state index contributed by atoms with van der Waals surface area (Å²) in [5.74, 6) is 0.819. The van der Waals surface area contributed by atoms with Crippen LogP contribution in [0.2, 0.25) is 0 Å². The zero-order valence-corrected chi connectivity index (χ0v) is 11.2. The highest BCUT2D eigenvalue weighted by molar-refractivity contribution is 7.86. The Bertz CT molecular complexity index is 453. The molecule has 0 aliphatic rings. The lowest BCUT2D eigenvalue weighted by Gasteiger charge is -2.12. The van der Waals surface area contributed by atoms with E-state index in [0.717, 1.165) is 24.0 Å². The van der Waals surface area contributed by atoms with Crippen molar-refractivity contribution in [1.29, 1.82) is 0 Å². The summed E-state index contributed by atoms with van der Waals surface area (Å²) in [4.78, 5) is 0. The van der Waals surface area contributed by atoms with Gasteiger partial charge < -0.3 is 4.74 Å². The third kappa shape index (κ3) is 5.19. The summed E-state index contributed by atoms with van der Waals surface area (Å²) >= 11 is 0. The minimum atomic E-state index is -3.37. The Morgan fingerprint density at radius 1 is 1.29 bits per heavy atom. The molecule has 1 unspecified atom stereocenters. The van der Waals surface area contributed by atoms with Crippen LogP contribution in [0.5, 0.6) is 5.75 Å². The van der Waals surface area contributed by atoms with Crippen LogP contribution in [0.25, 0.3) is 0 Å². The smallest absolute Gasteiger partial charge is 0.264 e. The molecule has 1 atom stereocenters. The summed E-state index contributed by atoms with van der Waals surface area (Å²) < 4.78 is 31.9. The molecule has 1 aromatic carbocycles. The zero-order chi connectivity index (χ0) is 12.9. The van der Waals surface area contributed by atoms with E-state index in [2.05, 4.69) is 0 Å². The summed E-state index contributed by atoms with van der Waals surface area (Å²) in [6.45, 7) is 1.75.